The molecule has 1 aromatic carbocycles. The molecule has 11 heteroatoms. The third-order valence-corrected chi connectivity index (χ3v) is 5.57. The number of aryl methyl sites for hydroxylation is 1. The van der Waals surface area contributed by atoms with Crippen LogP contribution in [0.2, 0.25) is 0 Å². The third kappa shape index (κ3) is 4.55. The number of carbonyl (C=O) groups excluding carboxylic acids is 2. The monoisotopic (exact) mass is 436 g/mol. The highest BCUT2D eigenvalue weighted by Crippen LogP contribution is 2.40. The quantitative estimate of drug-likeness (QED) is 0.633. The standard InChI is InChI=1S/C18H14F6N2O2S/c19-17(20,21)10-6-2-3-7-11(10)25-14(27)13-9-5-1-4-8-12(9)29-15(13)26-16(28)18(22,23)24/h2-3,6-7H,1,4-5,8H2,(H,25,27)(H,26,28). The van der Waals surface area contributed by atoms with Gasteiger partial charge in [0, 0.05) is 4.88 Å². The maximum Gasteiger partial charge on any atom is 0.471 e. The van der Waals surface area contributed by atoms with Crippen LogP contribution in [-0.2, 0) is 23.8 Å². The molecular weight excluding hydrogens is 422 g/mol. The van der Waals surface area contributed by atoms with E-state index in [9.17, 15) is 35.9 Å². The highest BCUT2D eigenvalue weighted by atomic mass is 32.1. The van der Waals surface area contributed by atoms with Crippen molar-refractivity contribution in [3.63, 3.8) is 0 Å². The van der Waals surface area contributed by atoms with Crippen LogP contribution in [0.15, 0.2) is 24.3 Å². The van der Waals surface area contributed by atoms with Crippen molar-refractivity contribution in [1.29, 1.82) is 0 Å². The molecule has 2 N–H and O–H groups in total. The van der Waals surface area contributed by atoms with E-state index in [1.807, 2.05) is 0 Å². The van der Waals surface area contributed by atoms with Gasteiger partial charge in [-0.25, -0.2) is 0 Å². The molecule has 0 unspecified atom stereocenters. The number of fused-ring (bicyclic) bond motifs is 1. The zero-order chi connectivity index (χ0) is 21.4. The van der Waals surface area contributed by atoms with Gasteiger partial charge in [-0.2, -0.15) is 26.3 Å². The summed E-state index contributed by atoms with van der Waals surface area (Å²) in [6.07, 6.45) is -7.56. The number of thiophene rings is 1. The lowest BCUT2D eigenvalue weighted by atomic mass is 9.95. The van der Waals surface area contributed by atoms with Crippen molar-refractivity contribution in [2.75, 3.05) is 10.6 Å². The van der Waals surface area contributed by atoms with Gasteiger partial charge in [-0.05, 0) is 43.4 Å². The molecule has 1 aliphatic rings. The summed E-state index contributed by atoms with van der Waals surface area (Å²) in [7, 11) is 0. The van der Waals surface area contributed by atoms with E-state index >= 15 is 0 Å². The van der Waals surface area contributed by atoms with Gasteiger partial charge in [0.05, 0.1) is 16.8 Å². The molecular formula is C18H14F6N2O2S. The number of rotatable bonds is 3. The minimum atomic E-state index is -5.17. The first kappa shape index (κ1) is 21.2. The second kappa shape index (κ2) is 7.69. The van der Waals surface area contributed by atoms with Crippen LogP contribution in [0.4, 0.5) is 37.0 Å². The lowest BCUT2D eigenvalue weighted by Crippen LogP contribution is -2.30. The Morgan fingerprint density at radius 3 is 2.24 bits per heavy atom. The lowest BCUT2D eigenvalue weighted by Gasteiger charge is -2.16. The predicted molar refractivity (Wildman–Crippen MR) is 95.0 cm³/mol. The Bertz CT molecular complexity index is 949. The maximum atomic E-state index is 13.2. The van der Waals surface area contributed by atoms with E-state index < -0.39 is 35.4 Å². The molecule has 2 aromatic rings. The molecule has 0 atom stereocenters. The van der Waals surface area contributed by atoms with Crippen molar-refractivity contribution >= 4 is 33.8 Å². The van der Waals surface area contributed by atoms with Crippen LogP contribution in [0, 0.1) is 0 Å². The molecule has 0 fully saturated rings. The number of para-hydroxylation sites is 1. The summed E-state index contributed by atoms with van der Waals surface area (Å²) in [4.78, 5) is 24.8. The number of halogens is 6. The van der Waals surface area contributed by atoms with E-state index in [1.165, 1.54) is 6.07 Å². The highest BCUT2D eigenvalue weighted by molar-refractivity contribution is 7.17. The van der Waals surface area contributed by atoms with Gasteiger partial charge in [-0.1, -0.05) is 12.1 Å². The molecule has 1 aliphatic carbocycles. The summed E-state index contributed by atoms with van der Waals surface area (Å²) in [5.41, 5.74) is -1.37. The summed E-state index contributed by atoms with van der Waals surface area (Å²) < 4.78 is 77.4. The van der Waals surface area contributed by atoms with Crippen molar-refractivity contribution < 1.29 is 35.9 Å². The van der Waals surface area contributed by atoms with Crippen LogP contribution in [0.3, 0.4) is 0 Å². The molecule has 0 saturated carbocycles. The number of anilines is 2. The lowest BCUT2D eigenvalue weighted by molar-refractivity contribution is -0.167. The van der Waals surface area contributed by atoms with Crippen molar-refractivity contribution in [1.82, 2.24) is 0 Å². The van der Waals surface area contributed by atoms with Crippen LogP contribution in [-0.4, -0.2) is 18.0 Å². The number of benzene rings is 1. The van der Waals surface area contributed by atoms with E-state index in [4.69, 9.17) is 0 Å². The van der Waals surface area contributed by atoms with Crippen molar-refractivity contribution in [2.45, 2.75) is 38.0 Å². The zero-order valence-corrected chi connectivity index (χ0v) is 15.4. The molecule has 0 aliphatic heterocycles. The van der Waals surface area contributed by atoms with Crippen molar-refractivity contribution in [2.24, 2.45) is 0 Å². The Balaban J connectivity index is 1.99. The summed E-state index contributed by atoms with van der Waals surface area (Å²) in [5.74, 6) is -3.25. The van der Waals surface area contributed by atoms with Gasteiger partial charge < -0.3 is 10.6 Å². The number of nitrogens with one attached hydrogen (secondary N) is 2. The molecule has 2 amide bonds. The Morgan fingerprint density at radius 1 is 0.931 bits per heavy atom. The fourth-order valence-electron chi connectivity index (χ4n) is 3.09. The summed E-state index contributed by atoms with van der Waals surface area (Å²) in [6.45, 7) is 0. The average Bonchev–Trinajstić information content (AvgIpc) is 2.98. The Labute approximate surface area is 164 Å². The molecule has 0 spiro atoms. The molecule has 1 heterocycles. The number of amides is 2. The number of hydrogen-bond donors (Lipinski definition) is 2. The first-order valence-corrected chi connectivity index (χ1v) is 9.30. The van der Waals surface area contributed by atoms with Gasteiger partial charge in [-0.15, -0.1) is 11.3 Å². The smallest absolute Gasteiger partial charge is 0.321 e. The fourth-order valence-corrected chi connectivity index (χ4v) is 4.37. The Kier molecular flexibility index (Phi) is 5.61. The molecule has 4 nitrogen and oxygen atoms in total. The maximum absolute atomic E-state index is 13.2. The third-order valence-electron chi connectivity index (χ3n) is 4.36. The topological polar surface area (TPSA) is 58.2 Å². The van der Waals surface area contributed by atoms with Gasteiger partial charge in [-0.3, -0.25) is 9.59 Å². The minimum Gasteiger partial charge on any atom is -0.321 e. The van der Waals surface area contributed by atoms with E-state index in [2.05, 4.69) is 5.32 Å². The minimum absolute atomic E-state index is 0.223. The summed E-state index contributed by atoms with van der Waals surface area (Å²) in [6, 6.07) is 4.28. The summed E-state index contributed by atoms with van der Waals surface area (Å²) in [5, 5.41) is 3.51. The van der Waals surface area contributed by atoms with E-state index in [0.717, 1.165) is 36.0 Å². The van der Waals surface area contributed by atoms with Gasteiger partial charge in [0.15, 0.2) is 0 Å². The van der Waals surface area contributed by atoms with E-state index in [1.54, 1.807) is 5.32 Å². The van der Waals surface area contributed by atoms with Crippen LogP contribution in [0.5, 0.6) is 0 Å². The largest absolute Gasteiger partial charge is 0.471 e. The Morgan fingerprint density at radius 2 is 1.59 bits per heavy atom. The van der Waals surface area contributed by atoms with Gasteiger partial charge in [0.2, 0.25) is 0 Å². The van der Waals surface area contributed by atoms with Crippen LogP contribution in [0.25, 0.3) is 0 Å². The molecule has 0 bridgehead atoms. The van der Waals surface area contributed by atoms with Crippen LogP contribution >= 0.6 is 11.3 Å². The first-order valence-electron chi connectivity index (χ1n) is 8.48. The van der Waals surface area contributed by atoms with Crippen molar-refractivity contribution in [3.05, 3.63) is 45.8 Å². The molecule has 156 valence electrons. The van der Waals surface area contributed by atoms with E-state index in [-0.39, 0.29) is 10.6 Å². The zero-order valence-electron chi connectivity index (χ0n) is 14.6. The second-order valence-corrected chi connectivity index (χ2v) is 7.47. The fraction of sp³-hybridized carbons (Fsp3) is 0.333. The molecule has 0 saturated heterocycles. The van der Waals surface area contributed by atoms with Gasteiger partial charge in [0.1, 0.15) is 5.00 Å². The molecule has 3 rings (SSSR count). The second-order valence-electron chi connectivity index (χ2n) is 6.36. The van der Waals surface area contributed by atoms with Crippen LogP contribution in [0.1, 0.15) is 39.2 Å². The molecule has 1 aromatic heterocycles. The number of alkyl halides is 6. The summed E-state index contributed by atoms with van der Waals surface area (Å²) >= 11 is 0.840. The van der Waals surface area contributed by atoms with Crippen molar-refractivity contribution in [3.8, 4) is 0 Å². The molecule has 0 radical (unpaired) electrons. The highest BCUT2D eigenvalue weighted by Gasteiger charge is 2.40. The van der Waals surface area contributed by atoms with Crippen LogP contribution < -0.4 is 10.6 Å². The number of hydrogen-bond acceptors (Lipinski definition) is 3. The average molecular weight is 436 g/mol. The van der Waals surface area contributed by atoms with Gasteiger partial charge >= 0.3 is 18.3 Å². The predicted octanol–water partition coefficient (Wildman–Crippen LogP) is 5.40. The normalized spacial score (nSPS) is 14.3. The Hall–Kier alpha value is -2.56. The van der Waals surface area contributed by atoms with Gasteiger partial charge in [0.25, 0.3) is 5.91 Å². The first-order chi connectivity index (χ1) is 13.5. The number of carbonyl (C=O) groups is 2. The molecule has 29 heavy (non-hydrogen) atoms. The SMILES string of the molecule is O=C(Nc1ccccc1C(F)(F)F)c1c(NC(=O)C(F)(F)F)sc2c1CCCC2. The van der Waals surface area contributed by atoms with E-state index in [0.29, 0.717) is 29.7 Å².